The Morgan fingerprint density at radius 2 is 1.60 bits per heavy atom. The summed E-state index contributed by atoms with van der Waals surface area (Å²) < 4.78 is 6.29. The highest BCUT2D eigenvalue weighted by molar-refractivity contribution is 6.83. The van der Waals surface area contributed by atoms with Crippen LogP contribution >= 0.6 is 0 Å². The predicted molar refractivity (Wildman–Crippen MR) is 90.9 cm³/mol. The molecule has 20 heavy (non-hydrogen) atoms. The van der Waals surface area contributed by atoms with Crippen LogP contribution in [0.4, 0.5) is 0 Å². The minimum Gasteiger partial charge on any atom is -0.403 e. The minimum atomic E-state index is -1.92. The molecule has 0 saturated heterocycles. The first-order chi connectivity index (χ1) is 8.78. The molecule has 0 unspecified atom stereocenters. The lowest BCUT2D eigenvalue weighted by Gasteiger charge is -2.38. The van der Waals surface area contributed by atoms with E-state index in [0.29, 0.717) is 6.42 Å². The van der Waals surface area contributed by atoms with Gasteiger partial charge in [-0.25, -0.2) is 0 Å². The maximum Gasteiger partial charge on any atom is 0.193 e. The molecular formula is C15H32O3Si2. The van der Waals surface area contributed by atoms with Crippen molar-refractivity contribution in [2.24, 2.45) is 0 Å². The van der Waals surface area contributed by atoms with Crippen LogP contribution in [-0.4, -0.2) is 45.4 Å². The summed E-state index contributed by atoms with van der Waals surface area (Å²) in [5, 5.41) is 18.8. The van der Waals surface area contributed by atoms with E-state index in [1.165, 1.54) is 0 Å². The zero-order chi connectivity index (χ0) is 16.2. The van der Waals surface area contributed by atoms with Gasteiger partial charge in [0.2, 0.25) is 0 Å². The first-order valence-corrected chi connectivity index (χ1v) is 13.7. The van der Waals surface area contributed by atoms with Gasteiger partial charge >= 0.3 is 0 Å². The maximum absolute atomic E-state index is 9.69. The van der Waals surface area contributed by atoms with E-state index in [-0.39, 0.29) is 17.7 Å². The lowest BCUT2D eigenvalue weighted by atomic mass is 10.2. The van der Waals surface area contributed by atoms with Crippen molar-refractivity contribution in [1.82, 2.24) is 0 Å². The fraction of sp³-hybridized carbons (Fsp3) is 0.867. The second-order valence-corrected chi connectivity index (χ2v) is 17.5. The molecule has 118 valence electrons. The van der Waals surface area contributed by atoms with Crippen LogP contribution in [0.3, 0.4) is 0 Å². The molecule has 0 heterocycles. The third-order valence-electron chi connectivity index (χ3n) is 3.55. The van der Waals surface area contributed by atoms with Gasteiger partial charge in [-0.2, -0.15) is 0 Å². The Morgan fingerprint density at radius 1 is 1.10 bits per heavy atom. The highest BCUT2D eigenvalue weighted by Crippen LogP contribution is 2.37. The summed E-state index contributed by atoms with van der Waals surface area (Å²) in [6, 6.07) is 0. The largest absolute Gasteiger partial charge is 0.403 e. The van der Waals surface area contributed by atoms with Gasteiger partial charge in [0.05, 0.1) is 12.7 Å². The van der Waals surface area contributed by atoms with E-state index < -0.39 is 22.5 Å². The first-order valence-electron chi connectivity index (χ1n) is 7.28. The van der Waals surface area contributed by atoms with Crippen molar-refractivity contribution in [2.45, 2.75) is 77.2 Å². The Bertz CT molecular complexity index is 356. The van der Waals surface area contributed by atoms with Crippen LogP contribution in [0.15, 0.2) is 0 Å². The topological polar surface area (TPSA) is 49.7 Å². The summed E-state index contributed by atoms with van der Waals surface area (Å²) in [6.45, 7) is 17.2. The Hall–Kier alpha value is -0.126. The normalized spacial score (nSPS) is 16.3. The molecule has 0 aromatic heterocycles. The van der Waals surface area contributed by atoms with Crippen molar-refractivity contribution >= 4 is 16.4 Å². The molecule has 0 aliphatic rings. The second kappa shape index (κ2) is 7.23. The summed E-state index contributed by atoms with van der Waals surface area (Å²) >= 11 is 0. The highest BCUT2D eigenvalue weighted by atomic mass is 28.4. The Kier molecular flexibility index (Phi) is 7.19. The van der Waals surface area contributed by atoms with E-state index >= 15 is 0 Å². The van der Waals surface area contributed by atoms with Gasteiger partial charge in [-0.1, -0.05) is 46.3 Å². The Labute approximate surface area is 126 Å². The van der Waals surface area contributed by atoms with Gasteiger partial charge < -0.3 is 14.6 Å². The van der Waals surface area contributed by atoms with Gasteiger partial charge in [-0.15, -0.1) is 5.54 Å². The number of hydrogen-bond donors (Lipinski definition) is 2. The Morgan fingerprint density at radius 3 is 1.95 bits per heavy atom. The van der Waals surface area contributed by atoms with E-state index in [9.17, 15) is 5.11 Å². The van der Waals surface area contributed by atoms with Gasteiger partial charge in [0.25, 0.3) is 0 Å². The fourth-order valence-corrected chi connectivity index (χ4v) is 3.10. The molecule has 0 radical (unpaired) electrons. The van der Waals surface area contributed by atoms with E-state index in [4.69, 9.17) is 9.53 Å². The second-order valence-electron chi connectivity index (χ2n) is 7.96. The zero-order valence-corrected chi connectivity index (χ0v) is 16.4. The van der Waals surface area contributed by atoms with Gasteiger partial charge in [-0.05, 0) is 18.1 Å². The average molecular weight is 317 g/mol. The van der Waals surface area contributed by atoms with Gasteiger partial charge in [0.1, 0.15) is 14.2 Å². The average Bonchev–Trinajstić information content (AvgIpc) is 2.22. The van der Waals surface area contributed by atoms with Crippen LogP contribution in [0.5, 0.6) is 0 Å². The number of hydrogen-bond acceptors (Lipinski definition) is 3. The molecule has 0 aliphatic heterocycles. The molecule has 0 bridgehead atoms. The molecule has 0 aromatic rings. The molecule has 0 fully saturated rings. The van der Waals surface area contributed by atoms with Crippen molar-refractivity contribution < 1.29 is 14.6 Å². The van der Waals surface area contributed by atoms with E-state index in [1.54, 1.807) is 0 Å². The van der Waals surface area contributed by atoms with Gasteiger partial charge in [0.15, 0.2) is 8.32 Å². The summed E-state index contributed by atoms with van der Waals surface area (Å²) in [5.74, 6) is 3.21. The van der Waals surface area contributed by atoms with Crippen LogP contribution in [0.1, 0.15) is 27.2 Å². The van der Waals surface area contributed by atoms with E-state index in [1.807, 2.05) is 0 Å². The van der Waals surface area contributed by atoms with Crippen molar-refractivity contribution in [1.29, 1.82) is 0 Å². The fourth-order valence-electron chi connectivity index (χ4n) is 1.29. The van der Waals surface area contributed by atoms with Crippen molar-refractivity contribution in [3.05, 3.63) is 0 Å². The summed E-state index contributed by atoms with van der Waals surface area (Å²) in [4.78, 5) is 0. The van der Waals surface area contributed by atoms with Crippen molar-refractivity contribution in [3.63, 3.8) is 0 Å². The van der Waals surface area contributed by atoms with Gasteiger partial charge in [0, 0.05) is 6.42 Å². The highest BCUT2D eigenvalue weighted by Gasteiger charge is 2.39. The monoisotopic (exact) mass is 316 g/mol. The third-order valence-corrected chi connectivity index (χ3v) is 8.93. The van der Waals surface area contributed by atoms with Crippen LogP contribution < -0.4 is 0 Å². The van der Waals surface area contributed by atoms with Crippen LogP contribution in [0, 0.1) is 11.5 Å². The Balaban J connectivity index is 5.08. The first kappa shape index (κ1) is 19.9. The zero-order valence-electron chi connectivity index (χ0n) is 14.4. The van der Waals surface area contributed by atoms with E-state index in [2.05, 4.69) is 65.0 Å². The predicted octanol–water partition coefficient (Wildman–Crippen LogP) is 3.00. The summed E-state index contributed by atoms with van der Waals surface area (Å²) in [7, 11) is -3.40. The molecule has 0 rings (SSSR count). The molecule has 2 N–H and O–H groups in total. The van der Waals surface area contributed by atoms with Crippen LogP contribution in [-0.2, 0) is 4.43 Å². The lowest BCUT2D eigenvalue weighted by Crippen LogP contribution is -2.44. The molecule has 0 aromatic carbocycles. The van der Waals surface area contributed by atoms with Crippen LogP contribution in [0.2, 0.25) is 37.8 Å². The molecule has 5 heteroatoms. The molecular weight excluding hydrogens is 284 g/mol. The van der Waals surface area contributed by atoms with E-state index in [0.717, 1.165) is 0 Å². The molecule has 0 amide bonds. The SMILES string of the molecule is CC(C)(C)[Si](C)(C)O[C@H](C#C[Si](C)(C)C)C[C@@H](O)CO. The minimum absolute atomic E-state index is 0.107. The van der Waals surface area contributed by atoms with Crippen molar-refractivity contribution in [2.75, 3.05) is 6.61 Å². The lowest BCUT2D eigenvalue weighted by molar-refractivity contribution is 0.0605. The summed E-state index contributed by atoms with van der Waals surface area (Å²) in [5.41, 5.74) is 3.32. The summed E-state index contributed by atoms with van der Waals surface area (Å²) in [6.07, 6.45) is -0.675. The van der Waals surface area contributed by atoms with Gasteiger partial charge in [-0.3, -0.25) is 0 Å². The number of rotatable bonds is 5. The smallest absolute Gasteiger partial charge is 0.193 e. The quantitative estimate of drug-likeness (QED) is 0.605. The number of aliphatic hydroxyl groups is 2. The van der Waals surface area contributed by atoms with Crippen molar-refractivity contribution in [3.8, 4) is 11.5 Å². The standard InChI is InChI=1S/C15H32O3Si2/c1-15(2,3)20(7,8)18-14(11-13(17)12-16)9-10-19(4,5)6/h13-14,16-17H,11-12H2,1-8H3/t13-,14-/m1/s1. The molecule has 3 nitrogen and oxygen atoms in total. The molecule has 2 atom stereocenters. The maximum atomic E-state index is 9.69. The number of aliphatic hydroxyl groups excluding tert-OH is 2. The van der Waals surface area contributed by atoms with Crippen LogP contribution in [0.25, 0.3) is 0 Å². The molecule has 0 saturated carbocycles. The molecule has 0 aliphatic carbocycles. The molecule has 0 spiro atoms. The third kappa shape index (κ3) is 7.60.